The second-order valence-electron chi connectivity index (χ2n) is 6.29. The van der Waals surface area contributed by atoms with Crippen LogP contribution in [0, 0.1) is 5.92 Å². The van der Waals surface area contributed by atoms with Crippen molar-refractivity contribution >= 4 is 16.1 Å². The number of sulfonamides is 1. The lowest BCUT2D eigenvalue weighted by atomic mass is 10.1. The van der Waals surface area contributed by atoms with Crippen molar-refractivity contribution in [3.05, 3.63) is 35.9 Å². The summed E-state index contributed by atoms with van der Waals surface area (Å²) in [6.07, 6.45) is 3.77. The number of nitrogens with zero attached hydrogens (tertiary/aromatic N) is 1. The van der Waals surface area contributed by atoms with Crippen molar-refractivity contribution in [2.24, 2.45) is 5.92 Å². The van der Waals surface area contributed by atoms with Gasteiger partial charge in [0, 0.05) is 13.6 Å². The fraction of sp³-hybridized carbons (Fsp3) is 0.529. The first-order valence-electron chi connectivity index (χ1n) is 8.00. The molecule has 1 aliphatic rings. The molecule has 6 nitrogen and oxygen atoms in total. The van der Waals surface area contributed by atoms with E-state index >= 15 is 0 Å². The van der Waals surface area contributed by atoms with Gasteiger partial charge in [0.15, 0.2) is 0 Å². The molecule has 2 atom stereocenters. The number of ether oxygens (including phenoxy) is 1. The summed E-state index contributed by atoms with van der Waals surface area (Å²) in [4.78, 5) is 5.44. The molecule has 1 aromatic carbocycles. The molecule has 1 saturated heterocycles. The maximum atomic E-state index is 12.5. The van der Waals surface area contributed by atoms with Crippen molar-refractivity contribution in [3.8, 4) is 5.75 Å². The average Bonchev–Trinajstić information content (AvgIpc) is 2.93. The van der Waals surface area contributed by atoms with Crippen molar-refractivity contribution in [3.63, 3.8) is 0 Å². The second-order valence-corrected chi connectivity index (χ2v) is 8.27. The van der Waals surface area contributed by atoms with Gasteiger partial charge < -0.3 is 4.74 Å². The number of nitrogens with one attached hydrogen (secondary N) is 1. The zero-order chi connectivity index (χ0) is 17.7. The van der Waals surface area contributed by atoms with Gasteiger partial charge in [-0.1, -0.05) is 38.1 Å². The molecule has 1 fully saturated rings. The first kappa shape index (κ1) is 18.9. The Balaban J connectivity index is 2.12. The fourth-order valence-corrected chi connectivity index (χ4v) is 4.09. The quantitative estimate of drug-likeness (QED) is 0.810. The highest BCUT2D eigenvalue weighted by Crippen LogP contribution is 2.22. The molecule has 0 aliphatic carbocycles. The van der Waals surface area contributed by atoms with Crippen LogP contribution in [0.4, 0.5) is 0 Å². The molecular weight excluding hydrogens is 328 g/mol. The molecule has 0 saturated carbocycles. The Morgan fingerprint density at radius 3 is 2.62 bits per heavy atom. The molecule has 2 rings (SSSR count). The van der Waals surface area contributed by atoms with Crippen molar-refractivity contribution in [2.45, 2.75) is 25.1 Å². The minimum Gasteiger partial charge on any atom is -0.497 e. The van der Waals surface area contributed by atoms with E-state index in [1.165, 1.54) is 0 Å². The lowest BCUT2D eigenvalue weighted by Crippen LogP contribution is -2.43. The summed E-state index contributed by atoms with van der Waals surface area (Å²) in [5, 5.41) is 0.968. The Morgan fingerprint density at radius 2 is 2.04 bits per heavy atom. The SMILES string of the molecule is COc1ccc(/C=C/[C@@H]2[C@@H](S(=O)(=O)NCC(C)C)CON2C)cc1. The molecule has 0 unspecified atom stereocenters. The molecule has 1 aromatic rings. The maximum absolute atomic E-state index is 12.5. The summed E-state index contributed by atoms with van der Waals surface area (Å²) in [6, 6.07) is 7.24. The number of benzene rings is 1. The van der Waals surface area contributed by atoms with Crippen LogP contribution in [0.1, 0.15) is 19.4 Å². The van der Waals surface area contributed by atoms with Gasteiger partial charge in [-0.25, -0.2) is 13.1 Å². The fourth-order valence-electron chi connectivity index (χ4n) is 2.44. The van der Waals surface area contributed by atoms with Gasteiger partial charge in [0.2, 0.25) is 10.0 Å². The largest absolute Gasteiger partial charge is 0.497 e. The van der Waals surface area contributed by atoms with Gasteiger partial charge in [-0.2, -0.15) is 5.06 Å². The van der Waals surface area contributed by atoms with Crippen molar-refractivity contribution in [1.29, 1.82) is 0 Å². The Kier molecular flexibility index (Phi) is 6.40. The van der Waals surface area contributed by atoms with E-state index in [0.29, 0.717) is 6.54 Å². The molecule has 0 amide bonds. The zero-order valence-electron chi connectivity index (χ0n) is 14.6. The summed E-state index contributed by atoms with van der Waals surface area (Å²) in [6.45, 7) is 4.53. The highest BCUT2D eigenvalue weighted by atomic mass is 32.2. The second kappa shape index (κ2) is 8.11. The van der Waals surface area contributed by atoms with Crippen LogP contribution in [0.5, 0.6) is 5.75 Å². The van der Waals surface area contributed by atoms with Crippen LogP contribution in [0.15, 0.2) is 30.3 Å². The van der Waals surface area contributed by atoms with Crippen molar-refractivity contribution < 1.29 is 18.0 Å². The third kappa shape index (κ3) is 4.80. The van der Waals surface area contributed by atoms with Gasteiger partial charge in [0.25, 0.3) is 0 Å². The minimum absolute atomic E-state index is 0.154. The van der Waals surface area contributed by atoms with Crippen LogP contribution in [0.2, 0.25) is 0 Å². The number of hydrogen-bond acceptors (Lipinski definition) is 5. The Hall–Kier alpha value is -1.41. The molecule has 134 valence electrons. The van der Waals surface area contributed by atoms with E-state index in [0.717, 1.165) is 11.3 Å². The standard InChI is InChI=1S/C17H26N2O4S/c1-13(2)11-18-24(20,21)17-12-23-19(3)16(17)10-7-14-5-8-15(22-4)9-6-14/h5-10,13,16-18H,11-12H2,1-4H3/b10-7+/t16-,17+/m1/s1. The van der Waals surface area contributed by atoms with Crippen LogP contribution in [-0.2, 0) is 14.9 Å². The number of likely N-dealkylation sites (N-methyl/N-ethyl adjacent to an activating group) is 1. The van der Waals surface area contributed by atoms with Crippen molar-refractivity contribution in [2.75, 3.05) is 27.3 Å². The van der Waals surface area contributed by atoms with Gasteiger partial charge in [-0.3, -0.25) is 4.84 Å². The van der Waals surface area contributed by atoms with Crippen LogP contribution in [0.3, 0.4) is 0 Å². The molecule has 0 radical (unpaired) electrons. The summed E-state index contributed by atoms with van der Waals surface area (Å²) in [5.74, 6) is 1.04. The van der Waals surface area contributed by atoms with E-state index in [9.17, 15) is 8.42 Å². The summed E-state index contributed by atoms with van der Waals surface area (Å²) >= 11 is 0. The molecule has 7 heteroatoms. The molecule has 1 aliphatic heterocycles. The predicted molar refractivity (Wildman–Crippen MR) is 95.1 cm³/mol. The third-order valence-electron chi connectivity index (χ3n) is 3.94. The lowest BCUT2D eigenvalue weighted by molar-refractivity contribution is -0.100. The van der Waals surface area contributed by atoms with E-state index in [-0.39, 0.29) is 18.6 Å². The average molecular weight is 354 g/mol. The molecule has 24 heavy (non-hydrogen) atoms. The van der Waals surface area contributed by atoms with Crippen LogP contribution in [-0.4, -0.2) is 52.1 Å². The number of methoxy groups -OCH3 is 1. The maximum Gasteiger partial charge on any atom is 0.218 e. The third-order valence-corrected chi connectivity index (χ3v) is 5.72. The van der Waals surface area contributed by atoms with Gasteiger partial charge in [0.1, 0.15) is 11.0 Å². The summed E-state index contributed by atoms with van der Waals surface area (Å²) < 4.78 is 32.9. The van der Waals surface area contributed by atoms with Crippen LogP contribution >= 0.6 is 0 Å². The van der Waals surface area contributed by atoms with Gasteiger partial charge in [-0.05, 0) is 23.6 Å². The van der Waals surface area contributed by atoms with Gasteiger partial charge >= 0.3 is 0 Å². The molecule has 0 spiro atoms. The Labute approximate surface area is 144 Å². The molecule has 0 aromatic heterocycles. The normalized spacial score (nSPS) is 22.5. The van der Waals surface area contributed by atoms with Crippen molar-refractivity contribution in [1.82, 2.24) is 9.79 Å². The smallest absolute Gasteiger partial charge is 0.218 e. The first-order chi connectivity index (χ1) is 11.3. The molecule has 1 N–H and O–H groups in total. The summed E-state index contributed by atoms with van der Waals surface area (Å²) in [5.41, 5.74) is 0.974. The number of rotatable bonds is 7. The topological polar surface area (TPSA) is 67.9 Å². The Morgan fingerprint density at radius 1 is 1.38 bits per heavy atom. The lowest BCUT2D eigenvalue weighted by Gasteiger charge is -2.20. The zero-order valence-corrected chi connectivity index (χ0v) is 15.4. The minimum atomic E-state index is -3.44. The van der Waals surface area contributed by atoms with E-state index in [2.05, 4.69) is 4.72 Å². The van der Waals surface area contributed by atoms with Gasteiger partial charge in [0.05, 0.1) is 19.8 Å². The predicted octanol–water partition coefficient (Wildman–Crippen LogP) is 1.90. The van der Waals surface area contributed by atoms with E-state index in [4.69, 9.17) is 9.57 Å². The van der Waals surface area contributed by atoms with Crippen LogP contribution < -0.4 is 9.46 Å². The van der Waals surface area contributed by atoms with E-state index in [1.807, 2.05) is 50.3 Å². The van der Waals surface area contributed by atoms with Gasteiger partial charge in [-0.15, -0.1) is 0 Å². The monoisotopic (exact) mass is 354 g/mol. The number of hydrogen-bond donors (Lipinski definition) is 1. The molecule has 0 bridgehead atoms. The molecule has 1 heterocycles. The van der Waals surface area contributed by atoms with E-state index < -0.39 is 15.3 Å². The van der Waals surface area contributed by atoms with Crippen LogP contribution in [0.25, 0.3) is 6.08 Å². The Bertz CT molecular complexity index is 656. The summed E-state index contributed by atoms with van der Waals surface area (Å²) in [7, 11) is -0.0688. The van der Waals surface area contributed by atoms with E-state index in [1.54, 1.807) is 19.2 Å². The highest BCUT2D eigenvalue weighted by molar-refractivity contribution is 7.90. The first-order valence-corrected chi connectivity index (χ1v) is 9.54. The molecular formula is C17H26N2O4S. The highest BCUT2D eigenvalue weighted by Gasteiger charge is 2.40. The number of hydroxylamine groups is 2.